The molecule has 26 heavy (non-hydrogen) atoms. The van der Waals surface area contributed by atoms with Crippen LogP contribution in [0.25, 0.3) is 11.5 Å². The Morgan fingerprint density at radius 1 is 1.19 bits per heavy atom. The van der Waals surface area contributed by atoms with Gasteiger partial charge in [0.15, 0.2) is 6.61 Å². The Balaban J connectivity index is 1.54. The van der Waals surface area contributed by atoms with Crippen LogP contribution in [0.2, 0.25) is 0 Å². The molecule has 0 saturated carbocycles. The molecule has 1 N–H and O–H groups in total. The molecule has 0 aliphatic heterocycles. The lowest BCUT2D eigenvalue weighted by Gasteiger charge is -2.08. The fourth-order valence-electron chi connectivity index (χ4n) is 2.29. The van der Waals surface area contributed by atoms with Gasteiger partial charge in [-0.15, -0.1) is 10.2 Å². The monoisotopic (exact) mass is 355 g/mol. The van der Waals surface area contributed by atoms with Gasteiger partial charge in [-0.05, 0) is 48.9 Å². The summed E-state index contributed by atoms with van der Waals surface area (Å²) >= 11 is 0. The molecule has 1 amide bonds. The van der Waals surface area contributed by atoms with Crippen LogP contribution in [-0.2, 0) is 11.2 Å². The van der Waals surface area contributed by atoms with Crippen molar-refractivity contribution in [3.63, 3.8) is 0 Å². The number of benzene rings is 2. The van der Waals surface area contributed by atoms with Gasteiger partial charge in [0.05, 0.1) is 0 Å². The van der Waals surface area contributed by atoms with E-state index in [0.29, 0.717) is 23.2 Å². The zero-order chi connectivity index (χ0) is 18.4. The van der Waals surface area contributed by atoms with Crippen LogP contribution < -0.4 is 10.1 Å². The molecule has 0 saturated heterocycles. The molecule has 1 heterocycles. The second kappa shape index (κ2) is 8.24. The second-order valence-corrected chi connectivity index (χ2v) is 5.62. The molecule has 2 aromatic carbocycles. The summed E-state index contributed by atoms with van der Waals surface area (Å²) in [6.07, 6.45) is 1.68. The van der Waals surface area contributed by atoms with Crippen LogP contribution >= 0.6 is 0 Å². The van der Waals surface area contributed by atoms with E-state index in [4.69, 9.17) is 9.15 Å². The van der Waals surface area contributed by atoms with Crippen LogP contribution in [0.4, 0.5) is 10.1 Å². The largest absolute Gasteiger partial charge is 0.484 e. The number of carbonyl (C=O) groups is 1. The Bertz CT molecular complexity index is 878. The minimum absolute atomic E-state index is 0.183. The van der Waals surface area contributed by atoms with Crippen LogP contribution in [0.3, 0.4) is 0 Å². The second-order valence-electron chi connectivity index (χ2n) is 5.62. The number of aromatic nitrogens is 2. The first-order chi connectivity index (χ1) is 12.6. The average Bonchev–Trinajstić information content (AvgIpc) is 3.09. The molecule has 3 rings (SSSR count). The fraction of sp³-hybridized carbons (Fsp3) is 0.211. The maximum Gasteiger partial charge on any atom is 0.262 e. The molecule has 1 aromatic heterocycles. The van der Waals surface area contributed by atoms with Crippen molar-refractivity contribution in [1.29, 1.82) is 0 Å². The predicted octanol–water partition coefficient (Wildman–Crippen LogP) is 3.85. The van der Waals surface area contributed by atoms with E-state index in [-0.39, 0.29) is 12.5 Å². The minimum atomic E-state index is -0.414. The minimum Gasteiger partial charge on any atom is -0.484 e. The molecule has 0 radical (unpaired) electrons. The Hall–Kier alpha value is -3.22. The third-order valence-electron chi connectivity index (χ3n) is 3.51. The maximum atomic E-state index is 13.1. The van der Waals surface area contributed by atoms with Crippen LogP contribution in [0.1, 0.15) is 19.2 Å². The summed E-state index contributed by atoms with van der Waals surface area (Å²) in [5.41, 5.74) is 1.16. The number of ether oxygens (including phenoxy) is 1. The topological polar surface area (TPSA) is 77.2 Å². The molecular formula is C19H18FN3O3. The van der Waals surface area contributed by atoms with Crippen LogP contribution in [0, 0.1) is 5.82 Å². The number of rotatable bonds is 7. The van der Waals surface area contributed by atoms with E-state index in [2.05, 4.69) is 15.5 Å². The van der Waals surface area contributed by atoms with Gasteiger partial charge in [0.25, 0.3) is 5.91 Å². The van der Waals surface area contributed by atoms with Crippen LogP contribution in [-0.4, -0.2) is 22.7 Å². The van der Waals surface area contributed by atoms with Gasteiger partial charge in [0.2, 0.25) is 11.8 Å². The molecule has 134 valence electrons. The fourth-order valence-corrected chi connectivity index (χ4v) is 2.29. The molecule has 7 heteroatoms. The van der Waals surface area contributed by atoms with Crippen molar-refractivity contribution in [2.45, 2.75) is 19.8 Å². The Kier molecular flexibility index (Phi) is 5.58. The number of amides is 1. The van der Waals surface area contributed by atoms with Gasteiger partial charge in [-0.25, -0.2) is 4.39 Å². The number of nitrogens with zero attached hydrogens (tertiary/aromatic N) is 2. The zero-order valence-electron chi connectivity index (χ0n) is 14.2. The van der Waals surface area contributed by atoms with Crippen LogP contribution in [0.5, 0.6) is 5.75 Å². The van der Waals surface area contributed by atoms with Gasteiger partial charge in [-0.2, -0.15) is 0 Å². The molecule has 0 atom stereocenters. The number of carbonyl (C=O) groups excluding carboxylic acids is 1. The van der Waals surface area contributed by atoms with Gasteiger partial charge in [0.1, 0.15) is 11.6 Å². The van der Waals surface area contributed by atoms with Gasteiger partial charge in [-0.3, -0.25) is 4.79 Å². The molecule has 0 aliphatic rings. The normalized spacial score (nSPS) is 10.5. The summed E-state index contributed by atoms with van der Waals surface area (Å²) in [6, 6.07) is 12.7. The Labute approximate surface area is 150 Å². The molecule has 0 fully saturated rings. The number of nitrogens with one attached hydrogen (secondary N) is 1. The van der Waals surface area contributed by atoms with E-state index >= 15 is 0 Å². The standard InChI is InChI=1S/C19H18FN3O3/c1-2-4-18-22-23-19(26-18)13-7-9-16(10-8-13)25-12-17(24)21-15-6-3-5-14(20)11-15/h3,5-11H,2,4,12H2,1H3,(H,21,24). The average molecular weight is 355 g/mol. The zero-order valence-corrected chi connectivity index (χ0v) is 14.2. The lowest BCUT2D eigenvalue weighted by atomic mass is 10.2. The van der Waals surface area contributed by atoms with E-state index < -0.39 is 5.82 Å². The summed E-state index contributed by atoms with van der Waals surface area (Å²) in [5, 5.41) is 10.6. The number of anilines is 1. The molecule has 0 unspecified atom stereocenters. The van der Waals surface area contributed by atoms with E-state index in [1.807, 2.05) is 6.92 Å². The van der Waals surface area contributed by atoms with E-state index in [9.17, 15) is 9.18 Å². The number of halogens is 1. The lowest BCUT2D eigenvalue weighted by Crippen LogP contribution is -2.20. The Morgan fingerprint density at radius 3 is 2.73 bits per heavy atom. The molecule has 3 aromatic rings. The first-order valence-corrected chi connectivity index (χ1v) is 8.25. The summed E-state index contributed by atoms with van der Waals surface area (Å²) < 4.78 is 24.1. The van der Waals surface area contributed by atoms with Gasteiger partial charge >= 0.3 is 0 Å². The third kappa shape index (κ3) is 4.66. The van der Waals surface area contributed by atoms with Gasteiger partial charge in [0, 0.05) is 17.7 Å². The Morgan fingerprint density at radius 2 is 2.00 bits per heavy atom. The number of aryl methyl sites for hydroxylation is 1. The van der Waals surface area contributed by atoms with Crippen molar-refractivity contribution in [1.82, 2.24) is 10.2 Å². The van der Waals surface area contributed by atoms with Gasteiger partial charge < -0.3 is 14.5 Å². The maximum absolute atomic E-state index is 13.1. The summed E-state index contributed by atoms with van der Waals surface area (Å²) in [7, 11) is 0. The van der Waals surface area contributed by atoms with Crippen molar-refractivity contribution in [2.75, 3.05) is 11.9 Å². The lowest BCUT2D eigenvalue weighted by molar-refractivity contribution is -0.118. The molecule has 0 bridgehead atoms. The summed E-state index contributed by atoms with van der Waals surface area (Å²) in [4.78, 5) is 11.9. The first-order valence-electron chi connectivity index (χ1n) is 8.25. The molecule has 0 spiro atoms. The van der Waals surface area contributed by atoms with E-state index in [1.165, 1.54) is 18.2 Å². The van der Waals surface area contributed by atoms with Crippen molar-refractivity contribution in [3.8, 4) is 17.2 Å². The van der Waals surface area contributed by atoms with E-state index in [0.717, 1.165) is 18.4 Å². The summed E-state index contributed by atoms with van der Waals surface area (Å²) in [6.45, 7) is 1.86. The SMILES string of the molecule is CCCc1nnc(-c2ccc(OCC(=O)Nc3cccc(F)c3)cc2)o1. The quantitative estimate of drug-likeness (QED) is 0.697. The van der Waals surface area contributed by atoms with Crippen molar-refractivity contribution < 1.29 is 18.3 Å². The highest BCUT2D eigenvalue weighted by atomic mass is 19.1. The molecule has 0 aliphatic carbocycles. The highest BCUT2D eigenvalue weighted by Crippen LogP contribution is 2.21. The van der Waals surface area contributed by atoms with Crippen LogP contribution in [0.15, 0.2) is 52.9 Å². The molecular weight excluding hydrogens is 337 g/mol. The molecule has 6 nitrogen and oxygen atoms in total. The van der Waals surface area contributed by atoms with Gasteiger partial charge in [-0.1, -0.05) is 13.0 Å². The predicted molar refractivity (Wildman–Crippen MR) is 94.3 cm³/mol. The highest BCUT2D eigenvalue weighted by molar-refractivity contribution is 5.91. The first kappa shape index (κ1) is 17.6. The highest BCUT2D eigenvalue weighted by Gasteiger charge is 2.09. The van der Waals surface area contributed by atoms with Crippen molar-refractivity contribution >= 4 is 11.6 Å². The van der Waals surface area contributed by atoms with Crippen molar-refractivity contribution in [2.24, 2.45) is 0 Å². The van der Waals surface area contributed by atoms with E-state index in [1.54, 1.807) is 30.3 Å². The number of hydrogen-bond acceptors (Lipinski definition) is 5. The van der Waals surface area contributed by atoms with Crippen molar-refractivity contribution in [3.05, 3.63) is 60.2 Å². The third-order valence-corrected chi connectivity index (χ3v) is 3.51. The summed E-state index contributed by atoms with van der Waals surface area (Å²) in [5.74, 6) is 0.792. The smallest absolute Gasteiger partial charge is 0.262 e. The number of hydrogen-bond donors (Lipinski definition) is 1.